The second-order valence-corrected chi connectivity index (χ2v) is 6.23. The second-order valence-electron chi connectivity index (χ2n) is 6.23. The van der Waals surface area contributed by atoms with Gasteiger partial charge in [-0.05, 0) is 76.0 Å². The van der Waals surface area contributed by atoms with Gasteiger partial charge >= 0.3 is 0 Å². The molecule has 0 aliphatic heterocycles. The molecule has 90 valence electrons. The molecule has 0 aromatic rings. The van der Waals surface area contributed by atoms with Crippen LogP contribution in [-0.4, -0.2) is 0 Å². The smallest absolute Gasteiger partial charge is 0.0206 e. The fraction of sp³-hybridized carbons (Fsp3) is 0.750. The average Bonchev–Trinajstić information content (AvgIpc) is 2.27. The van der Waals surface area contributed by atoms with Crippen molar-refractivity contribution in [2.45, 2.75) is 52.4 Å². The van der Waals surface area contributed by atoms with Crippen LogP contribution in [0.2, 0.25) is 0 Å². The van der Waals surface area contributed by atoms with E-state index in [1.807, 2.05) is 0 Å². The summed E-state index contributed by atoms with van der Waals surface area (Å²) in [4.78, 5) is 0. The van der Waals surface area contributed by atoms with Crippen LogP contribution in [0.4, 0.5) is 0 Å². The molecule has 2 unspecified atom stereocenters. The molecule has 2 fully saturated rings. The largest absolute Gasteiger partial charge is 0.0999 e. The number of rotatable bonds is 2. The predicted molar refractivity (Wildman–Crippen MR) is 71.3 cm³/mol. The van der Waals surface area contributed by atoms with Gasteiger partial charge in [-0.3, -0.25) is 0 Å². The summed E-state index contributed by atoms with van der Waals surface area (Å²) in [5.74, 6) is 3.60. The van der Waals surface area contributed by atoms with Crippen molar-refractivity contribution < 1.29 is 0 Å². The first kappa shape index (κ1) is 12.0. The minimum absolute atomic E-state index is 0.810. The lowest BCUT2D eigenvalue weighted by molar-refractivity contribution is 0.119. The van der Waals surface area contributed by atoms with Crippen LogP contribution in [0.15, 0.2) is 24.3 Å². The summed E-state index contributed by atoms with van der Waals surface area (Å²) in [6.45, 7) is 12.7. The highest BCUT2D eigenvalue weighted by molar-refractivity contribution is 5.04. The molecule has 2 aliphatic carbocycles. The number of allylic oxidation sites excluding steroid dienone is 2. The standard InChI is InChI=1S/C16H26/c1-11(2)14-7-5-13-6-8-15(12(3)4)10-16(13)9-14/h13-16H,1,3,5-10H2,2,4H3. The van der Waals surface area contributed by atoms with E-state index >= 15 is 0 Å². The number of hydrogen-bond acceptors (Lipinski definition) is 0. The zero-order valence-corrected chi connectivity index (χ0v) is 11.0. The van der Waals surface area contributed by atoms with E-state index in [2.05, 4.69) is 27.0 Å². The normalized spacial score (nSPS) is 38.9. The van der Waals surface area contributed by atoms with Crippen LogP contribution in [0, 0.1) is 23.7 Å². The van der Waals surface area contributed by atoms with Gasteiger partial charge in [-0.25, -0.2) is 0 Å². The van der Waals surface area contributed by atoms with Gasteiger partial charge in [-0.2, -0.15) is 0 Å². The SMILES string of the molecule is C=C(C)C1CCC2CCC(C(=C)C)CC2C1. The van der Waals surface area contributed by atoms with E-state index in [-0.39, 0.29) is 0 Å². The Hall–Kier alpha value is -0.520. The molecule has 2 saturated carbocycles. The monoisotopic (exact) mass is 218 g/mol. The van der Waals surface area contributed by atoms with Gasteiger partial charge in [0.2, 0.25) is 0 Å². The summed E-state index contributed by atoms with van der Waals surface area (Å²) in [5, 5.41) is 0. The zero-order valence-electron chi connectivity index (χ0n) is 11.0. The van der Waals surface area contributed by atoms with Crippen LogP contribution in [0.25, 0.3) is 0 Å². The van der Waals surface area contributed by atoms with Crippen LogP contribution in [0.3, 0.4) is 0 Å². The Morgan fingerprint density at radius 3 is 1.56 bits per heavy atom. The van der Waals surface area contributed by atoms with E-state index in [1.165, 1.54) is 49.7 Å². The fourth-order valence-corrected chi connectivity index (χ4v) is 3.79. The Kier molecular flexibility index (Phi) is 3.56. The molecule has 2 atom stereocenters. The molecule has 0 nitrogen and oxygen atoms in total. The topological polar surface area (TPSA) is 0 Å². The summed E-state index contributed by atoms with van der Waals surface area (Å²) in [6, 6.07) is 0. The van der Waals surface area contributed by atoms with Gasteiger partial charge in [0.1, 0.15) is 0 Å². The van der Waals surface area contributed by atoms with Crippen molar-refractivity contribution in [2.24, 2.45) is 23.7 Å². The maximum atomic E-state index is 4.15. The molecule has 0 aromatic carbocycles. The Morgan fingerprint density at radius 1 is 0.750 bits per heavy atom. The van der Waals surface area contributed by atoms with Gasteiger partial charge in [0, 0.05) is 0 Å². The van der Waals surface area contributed by atoms with Gasteiger partial charge in [0.05, 0.1) is 0 Å². The second kappa shape index (κ2) is 4.77. The van der Waals surface area contributed by atoms with Crippen LogP contribution < -0.4 is 0 Å². The van der Waals surface area contributed by atoms with Crippen molar-refractivity contribution in [3.05, 3.63) is 24.3 Å². The first-order valence-corrected chi connectivity index (χ1v) is 6.88. The molecular formula is C16H26. The van der Waals surface area contributed by atoms with Gasteiger partial charge in [0.15, 0.2) is 0 Å². The summed E-state index contributed by atoms with van der Waals surface area (Å²) >= 11 is 0. The average molecular weight is 218 g/mol. The van der Waals surface area contributed by atoms with Crippen molar-refractivity contribution in [3.63, 3.8) is 0 Å². The summed E-state index contributed by atoms with van der Waals surface area (Å²) in [6.07, 6.45) is 8.51. The van der Waals surface area contributed by atoms with E-state index in [4.69, 9.17) is 0 Å². The lowest BCUT2D eigenvalue weighted by Gasteiger charge is -2.42. The Bertz CT molecular complexity index is 258. The number of hydrogen-bond donors (Lipinski definition) is 0. The quantitative estimate of drug-likeness (QED) is 0.574. The molecule has 0 heteroatoms. The Labute approximate surface area is 101 Å². The van der Waals surface area contributed by atoms with Crippen LogP contribution in [0.1, 0.15) is 52.4 Å². The zero-order chi connectivity index (χ0) is 11.7. The van der Waals surface area contributed by atoms with Gasteiger partial charge in [-0.15, -0.1) is 0 Å². The van der Waals surface area contributed by atoms with E-state index in [9.17, 15) is 0 Å². The molecule has 0 aromatic heterocycles. The molecule has 0 N–H and O–H groups in total. The molecule has 0 spiro atoms. The highest BCUT2D eigenvalue weighted by Gasteiger charge is 2.35. The van der Waals surface area contributed by atoms with E-state index in [0.717, 1.165) is 23.7 Å². The van der Waals surface area contributed by atoms with Gasteiger partial charge in [0.25, 0.3) is 0 Å². The minimum Gasteiger partial charge on any atom is -0.0999 e. The maximum Gasteiger partial charge on any atom is -0.0206 e. The van der Waals surface area contributed by atoms with E-state index in [1.54, 1.807) is 0 Å². The molecular weight excluding hydrogens is 192 g/mol. The van der Waals surface area contributed by atoms with Crippen molar-refractivity contribution in [3.8, 4) is 0 Å². The predicted octanol–water partition coefficient (Wildman–Crippen LogP) is 4.97. The van der Waals surface area contributed by atoms with Crippen LogP contribution in [-0.2, 0) is 0 Å². The van der Waals surface area contributed by atoms with E-state index in [0.29, 0.717) is 0 Å². The van der Waals surface area contributed by atoms with Crippen molar-refractivity contribution in [2.75, 3.05) is 0 Å². The maximum absolute atomic E-state index is 4.15. The molecule has 16 heavy (non-hydrogen) atoms. The van der Waals surface area contributed by atoms with Crippen molar-refractivity contribution in [1.82, 2.24) is 0 Å². The molecule has 2 rings (SSSR count). The Morgan fingerprint density at radius 2 is 1.19 bits per heavy atom. The van der Waals surface area contributed by atoms with Gasteiger partial charge < -0.3 is 0 Å². The highest BCUT2D eigenvalue weighted by Crippen LogP contribution is 2.47. The minimum atomic E-state index is 0.810. The van der Waals surface area contributed by atoms with Crippen LogP contribution >= 0.6 is 0 Å². The number of fused-ring (bicyclic) bond motifs is 1. The van der Waals surface area contributed by atoms with Crippen molar-refractivity contribution in [1.29, 1.82) is 0 Å². The first-order valence-electron chi connectivity index (χ1n) is 6.88. The third kappa shape index (κ3) is 2.42. The lowest BCUT2D eigenvalue weighted by Crippen LogP contribution is -2.31. The Balaban J connectivity index is 1.98. The first-order chi connectivity index (χ1) is 7.58. The molecule has 0 bridgehead atoms. The van der Waals surface area contributed by atoms with Crippen LogP contribution in [0.5, 0.6) is 0 Å². The van der Waals surface area contributed by atoms with Crippen molar-refractivity contribution >= 4 is 0 Å². The summed E-state index contributed by atoms with van der Waals surface area (Å²) in [7, 11) is 0. The molecule has 0 radical (unpaired) electrons. The highest BCUT2D eigenvalue weighted by atomic mass is 14.4. The summed E-state index contributed by atoms with van der Waals surface area (Å²) in [5.41, 5.74) is 2.83. The lowest BCUT2D eigenvalue weighted by atomic mass is 9.63. The third-order valence-electron chi connectivity index (χ3n) is 5.01. The van der Waals surface area contributed by atoms with Gasteiger partial charge in [-0.1, -0.05) is 24.3 Å². The summed E-state index contributed by atoms with van der Waals surface area (Å²) < 4.78 is 0. The molecule has 0 amide bonds. The fourth-order valence-electron chi connectivity index (χ4n) is 3.79. The molecule has 2 aliphatic rings. The third-order valence-corrected chi connectivity index (χ3v) is 5.01. The molecule has 0 heterocycles. The molecule has 0 saturated heterocycles. The van der Waals surface area contributed by atoms with E-state index < -0.39 is 0 Å².